The van der Waals surface area contributed by atoms with E-state index in [1.807, 2.05) is 18.4 Å². The van der Waals surface area contributed by atoms with Crippen molar-refractivity contribution >= 4 is 10.0 Å². The third-order valence-electron chi connectivity index (χ3n) is 3.34. The van der Waals surface area contributed by atoms with Crippen molar-refractivity contribution in [1.82, 2.24) is 14.6 Å². The molecule has 0 amide bonds. The largest absolute Gasteiger partial charge is 0.349 e. The van der Waals surface area contributed by atoms with Crippen molar-refractivity contribution in [1.29, 1.82) is 0 Å². The Hall–Kier alpha value is -0.850. The minimum atomic E-state index is -3.42. The van der Waals surface area contributed by atoms with E-state index in [0.717, 1.165) is 25.2 Å². The van der Waals surface area contributed by atoms with E-state index in [-0.39, 0.29) is 5.41 Å². The number of nitrogens with one attached hydrogen (secondary N) is 2. The lowest BCUT2D eigenvalue weighted by molar-refractivity contribution is 0.378. The number of aromatic nitrogens is 1. The summed E-state index contributed by atoms with van der Waals surface area (Å²) in [6.45, 7) is 13.1. The van der Waals surface area contributed by atoms with Crippen molar-refractivity contribution in [3.05, 3.63) is 18.0 Å². The van der Waals surface area contributed by atoms with Crippen LogP contribution in [0.5, 0.6) is 0 Å². The number of sulfonamides is 1. The van der Waals surface area contributed by atoms with Gasteiger partial charge in [0, 0.05) is 31.5 Å². The fourth-order valence-electron chi connectivity index (χ4n) is 2.01. The summed E-state index contributed by atoms with van der Waals surface area (Å²) in [6.07, 6.45) is 2.52. The molecule has 0 atom stereocenters. The summed E-state index contributed by atoms with van der Waals surface area (Å²) < 4.78 is 29.3. The topological polar surface area (TPSA) is 63.1 Å². The molecule has 0 aliphatic heterocycles. The molecule has 0 radical (unpaired) electrons. The third-order valence-corrected chi connectivity index (χ3v) is 4.76. The Kier molecular flexibility index (Phi) is 6.43. The van der Waals surface area contributed by atoms with Gasteiger partial charge in [0.25, 0.3) is 0 Å². The van der Waals surface area contributed by atoms with Crippen LogP contribution in [0.25, 0.3) is 0 Å². The minimum absolute atomic E-state index is 0.119. The molecule has 0 fully saturated rings. The van der Waals surface area contributed by atoms with Gasteiger partial charge in [0.2, 0.25) is 10.0 Å². The average Bonchev–Trinajstić information content (AvgIpc) is 2.78. The molecule has 0 aromatic carbocycles. The summed E-state index contributed by atoms with van der Waals surface area (Å²) >= 11 is 0. The Balaban J connectivity index is 2.80. The highest BCUT2D eigenvalue weighted by atomic mass is 32.2. The first kappa shape index (κ1) is 18.2. The molecule has 2 N–H and O–H groups in total. The van der Waals surface area contributed by atoms with E-state index in [1.54, 1.807) is 12.3 Å². The fourth-order valence-corrected chi connectivity index (χ4v) is 3.11. The second-order valence-electron chi connectivity index (χ2n) is 6.44. The fraction of sp³-hybridized carbons (Fsp3) is 0.733. The zero-order chi connectivity index (χ0) is 16.1. The highest BCUT2D eigenvalue weighted by molar-refractivity contribution is 7.89. The maximum Gasteiger partial charge on any atom is 0.242 e. The Morgan fingerprint density at radius 1 is 1.24 bits per heavy atom. The van der Waals surface area contributed by atoms with Gasteiger partial charge in [-0.15, -0.1) is 0 Å². The van der Waals surface area contributed by atoms with Crippen molar-refractivity contribution in [3.63, 3.8) is 0 Å². The van der Waals surface area contributed by atoms with Gasteiger partial charge < -0.3 is 9.88 Å². The van der Waals surface area contributed by atoms with Crippen LogP contribution in [0.15, 0.2) is 17.2 Å². The van der Waals surface area contributed by atoms with E-state index >= 15 is 0 Å². The van der Waals surface area contributed by atoms with Crippen LogP contribution in [-0.4, -0.2) is 26.1 Å². The smallest absolute Gasteiger partial charge is 0.242 e. The van der Waals surface area contributed by atoms with Crippen LogP contribution in [0, 0.1) is 5.41 Å². The van der Waals surface area contributed by atoms with Crippen molar-refractivity contribution in [2.75, 3.05) is 13.1 Å². The van der Waals surface area contributed by atoms with E-state index in [2.05, 4.69) is 30.8 Å². The van der Waals surface area contributed by atoms with Crippen molar-refractivity contribution in [2.45, 2.75) is 59.0 Å². The van der Waals surface area contributed by atoms with Crippen LogP contribution >= 0.6 is 0 Å². The van der Waals surface area contributed by atoms with Gasteiger partial charge in [0.1, 0.15) is 0 Å². The standard InChI is InChI=1S/C15H29N3O2S/c1-6-16-11-13-10-14(12-18(13)7-2)21(19,20)17-9-8-15(3,4)5/h10,12,16-17H,6-9,11H2,1-5H3. The molecule has 122 valence electrons. The van der Waals surface area contributed by atoms with E-state index in [9.17, 15) is 8.42 Å². The molecule has 0 aliphatic rings. The van der Waals surface area contributed by atoms with Crippen LogP contribution in [0.1, 0.15) is 46.7 Å². The van der Waals surface area contributed by atoms with Gasteiger partial charge in [0.15, 0.2) is 0 Å². The molecule has 1 aromatic rings. The Bertz CT molecular complexity index is 542. The van der Waals surface area contributed by atoms with Crippen molar-refractivity contribution in [3.8, 4) is 0 Å². The zero-order valence-corrected chi connectivity index (χ0v) is 14.7. The molecular formula is C15H29N3O2S. The third kappa shape index (κ3) is 5.80. The van der Waals surface area contributed by atoms with Crippen molar-refractivity contribution in [2.24, 2.45) is 5.41 Å². The number of aryl methyl sites for hydroxylation is 1. The Morgan fingerprint density at radius 2 is 1.90 bits per heavy atom. The molecular weight excluding hydrogens is 286 g/mol. The summed E-state index contributed by atoms with van der Waals surface area (Å²) in [5.41, 5.74) is 1.11. The van der Waals surface area contributed by atoms with Gasteiger partial charge in [0.05, 0.1) is 4.90 Å². The molecule has 21 heavy (non-hydrogen) atoms. The molecule has 1 heterocycles. The van der Waals surface area contributed by atoms with Crippen LogP contribution in [0.2, 0.25) is 0 Å². The Morgan fingerprint density at radius 3 is 2.43 bits per heavy atom. The second kappa shape index (κ2) is 7.42. The monoisotopic (exact) mass is 315 g/mol. The lowest BCUT2D eigenvalue weighted by Gasteiger charge is -2.17. The molecule has 5 nitrogen and oxygen atoms in total. The molecule has 1 aromatic heterocycles. The summed E-state index contributed by atoms with van der Waals surface area (Å²) in [7, 11) is -3.42. The van der Waals surface area contributed by atoms with Crippen LogP contribution < -0.4 is 10.0 Å². The summed E-state index contributed by atoms with van der Waals surface area (Å²) in [4.78, 5) is 0.353. The SMILES string of the molecule is CCNCc1cc(S(=O)(=O)NCCC(C)(C)C)cn1CC. The van der Waals surface area contributed by atoms with E-state index in [4.69, 9.17) is 0 Å². The van der Waals surface area contributed by atoms with Gasteiger partial charge in [-0.3, -0.25) is 0 Å². The van der Waals surface area contributed by atoms with Gasteiger partial charge >= 0.3 is 0 Å². The molecule has 1 rings (SSSR count). The van der Waals surface area contributed by atoms with Crippen LogP contribution in [-0.2, 0) is 23.1 Å². The molecule has 0 bridgehead atoms. The Labute approximate surface area is 129 Å². The highest BCUT2D eigenvalue weighted by Crippen LogP contribution is 2.19. The molecule has 0 saturated carbocycles. The van der Waals surface area contributed by atoms with Crippen molar-refractivity contribution < 1.29 is 8.42 Å². The normalized spacial score (nSPS) is 12.8. The average molecular weight is 315 g/mol. The quantitative estimate of drug-likeness (QED) is 0.774. The number of hydrogen-bond acceptors (Lipinski definition) is 3. The zero-order valence-electron chi connectivity index (χ0n) is 13.9. The lowest BCUT2D eigenvalue weighted by Crippen LogP contribution is -2.27. The lowest BCUT2D eigenvalue weighted by atomic mass is 9.93. The summed E-state index contributed by atoms with van der Waals surface area (Å²) in [6, 6.07) is 1.76. The van der Waals surface area contributed by atoms with Crippen LogP contribution in [0.4, 0.5) is 0 Å². The first-order chi connectivity index (χ1) is 9.69. The minimum Gasteiger partial charge on any atom is -0.349 e. The molecule has 0 saturated heterocycles. The maximum atomic E-state index is 12.3. The predicted octanol–water partition coefficient (Wildman–Crippen LogP) is 2.33. The predicted molar refractivity (Wildman–Crippen MR) is 86.7 cm³/mol. The molecule has 6 heteroatoms. The summed E-state index contributed by atoms with van der Waals surface area (Å²) in [5.74, 6) is 0. The van der Waals surface area contributed by atoms with E-state index < -0.39 is 10.0 Å². The first-order valence-corrected chi connectivity index (χ1v) is 9.07. The van der Waals surface area contributed by atoms with Crippen LogP contribution in [0.3, 0.4) is 0 Å². The first-order valence-electron chi connectivity index (χ1n) is 7.59. The van der Waals surface area contributed by atoms with E-state index in [1.165, 1.54) is 0 Å². The van der Waals surface area contributed by atoms with Gasteiger partial charge in [-0.1, -0.05) is 27.7 Å². The number of nitrogens with zero attached hydrogens (tertiary/aromatic N) is 1. The molecule has 0 aliphatic carbocycles. The van der Waals surface area contributed by atoms with Gasteiger partial charge in [-0.2, -0.15) is 0 Å². The van der Waals surface area contributed by atoms with E-state index in [0.29, 0.717) is 18.0 Å². The number of hydrogen-bond donors (Lipinski definition) is 2. The van der Waals surface area contributed by atoms with Gasteiger partial charge in [-0.25, -0.2) is 13.1 Å². The maximum absolute atomic E-state index is 12.3. The molecule has 0 unspecified atom stereocenters. The van der Waals surface area contributed by atoms with Gasteiger partial charge in [-0.05, 0) is 31.4 Å². The second-order valence-corrected chi connectivity index (χ2v) is 8.21. The highest BCUT2D eigenvalue weighted by Gasteiger charge is 2.19. The number of rotatable bonds is 8. The molecule has 0 spiro atoms. The summed E-state index contributed by atoms with van der Waals surface area (Å²) in [5, 5.41) is 3.23.